The standard InChI is InChI=1S/C23H22F3N5O/c24-23(25,26)19-8-6-18(7-9-19)22(32)31-14-12-30(13-15-31)21-11-10-20(28-29-21)27-16-17-4-2-1-3-5-17/h1-11H,12-16H2,(H,27,28). The molecule has 1 aliphatic rings. The fourth-order valence-electron chi connectivity index (χ4n) is 3.50. The Bertz CT molecular complexity index is 1030. The largest absolute Gasteiger partial charge is 0.416 e. The zero-order valence-corrected chi connectivity index (χ0v) is 17.2. The van der Waals surface area contributed by atoms with Crippen LogP contribution in [0.1, 0.15) is 21.5 Å². The van der Waals surface area contributed by atoms with Crippen LogP contribution in [0.2, 0.25) is 0 Å². The highest BCUT2D eigenvalue weighted by molar-refractivity contribution is 5.94. The highest BCUT2D eigenvalue weighted by atomic mass is 19.4. The average Bonchev–Trinajstić information content (AvgIpc) is 2.83. The van der Waals surface area contributed by atoms with Gasteiger partial charge in [0.05, 0.1) is 5.56 Å². The number of benzene rings is 2. The number of aromatic nitrogens is 2. The van der Waals surface area contributed by atoms with Crippen molar-refractivity contribution in [3.8, 4) is 0 Å². The maximum absolute atomic E-state index is 12.7. The fraction of sp³-hybridized carbons (Fsp3) is 0.261. The molecular formula is C23H22F3N5O. The molecule has 0 spiro atoms. The van der Waals surface area contributed by atoms with Crippen LogP contribution in [0.25, 0.3) is 0 Å². The number of halogens is 3. The minimum Gasteiger partial charge on any atom is -0.365 e. The first kappa shape index (κ1) is 21.6. The Labute approximate surface area is 183 Å². The third-order valence-corrected chi connectivity index (χ3v) is 5.32. The number of amides is 1. The summed E-state index contributed by atoms with van der Waals surface area (Å²) in [5.74, 6) is 1.12. The molecule has 4 rings (SSSR count). The first-order valence-corrected chi connectivity index (χ1v) is 10.2. The van der Waals surface area contributed by atoms with Gasteiger partial charge < -0.3 is 15.1 Å². The Morgan fingerprint density at radius 2 is 1.56 bits per heavy atom. The molecule has 0 bridgehead atoms. The van der Waals surface area contributed by atoms with Crippen LogP contribution in [0, 0.1) is 0 Å². The number of nitrogens with zero attached hydrogens (tertiary/aromatic N) is 4. The predicted molar refractivity (Wildman–Crippen MR) is 115 cm³/mol. The van der Waals surface area contributed by atoms with Crippen molar-refractivity contribution in [2.45, 2.75) is 12.7 Å². The number of rotatable bonds is 5. The van der Waals surface area contributed by atoms with Gasteiger partial charge in [-0.15, -0.1) is 10.2 Å². The van der Waals surface area contributed by atoms with Gasteiger partial charge in [0.2, 0.25) is 0 Å². The van der Waals surface area contributed by atoms with Gasteiger partial charge >= 0.3 is 6.18 Å². The monoisotopic (exact) mass is 441 g/mol. The Morgan fingerprint density at radius 1 is 0.875 bits per heavy atom. The predicted octanol–water partition coefficient (Wildman–Crippen LogP) is 4.07. The molecule has 1 amide bonds. The van der Waals surface area contributed by atoms with Crippen LogP contribution in [-0.4, -0.2) is 47.2 Å². The summed E-state index contributed by atoms with van der Waals surface area (Å²) in [7, 11) is 0. The first-order valence-electron chi connectivity index (χ1n) is 10.2. The number of carbonyl (C=O) groups is 1. The van der Waals surface area contributed by atoms with E-state index in [1.54, 1.807) is 4.90 Å². The van der Waals surface area contributed by atoms with Gasteiger partial charge in [0, 0.05) is 38.3 Å². The van der Waals surface area contributed by atoms with Gasteiger partial charge in [-0.1, -0.05) is 30.3 Å². The van der Waals surface area contributed by atoms with Crippen molar-refractivity contribution in [1.29, 1.82) is 0 Å². The van der Waals surface area contributed by atoms with Crippen LogP contribution in [0.15, 0.2) is 66.7 Å². The lowest BCUT2D eigenvalue weighted by Gasteiger charge is -2.35. The summed E-state index contributed by atoms with van der Waals surface area (Å²) in [6.45, 7) is 2.69. The van der Waals surface area contributed by atoms with Crippen molar-refractivity contribution in [2.24, 2.45) is 0 Å². The van der Waals surface area contributed by atoms with Crippen LogP contribution in [0.3, 0.4) is 0 Å². The number of carbonyl (C=O) groups excluding carboxylic acids is 1. The van der Waals surface area contributed by atoms with Gasteiger partial charge in [-0.25, -0.2) is 0 Å². The summed E-state index contributed by atoms with van der Waals surface area (Å²) in [5.41, 5.74) is 0.631. The molecular weight excluding hydrogens is 419 g/mol. The summed E-state index contributed by atoms with van der Waals surface area (Å²) in [6.07, 6.45) is -4.42. The van der Waals surface area contributed by atoms with Crippen LogP contribution in [0.4, 0.5) is 24.8 Å². The van der Waals surface area contributed by atoms with Crippen molar-refractivity contribution in [3.63, 3.8) is 0 Å². The van der Waals surface area contributed by atoms with E-state index in [-0.39, 0.29) is 11.5 Å². The van der Waals surface area contributed by atoms with Crippen molar-refractivity contribution >= 4 is 17.5 Å². The average molecular weight is 441 g/mol. The molecule has 3 aromatic rings. The minimum absolute atomic E-state index is 0.250. The second-order valence-corrected chi connectivity index (χ2v) is 7.47. The van der Waals surface area contributed by atoms with Crippen molar-refractivity contribution in [2.75, 3.05) is 36.4 Å². The molecule has 0 saturated carbocycles. The Morgan fingerprint density at radius 3 is 2.16 bits per heavy atom. The molecule has 2 aromatic carbocycles. The molecule has 2 heterocycles. The van der Waals surface area contributed by atoms with E-state index in [0.717, 1.165) is 23.5 Å². The number of piperazine rings is 1. The number of anilines is 2. The summed E-state index contributed by atoms with van der Waals surface area (Å²) in [4.78, 5) is 16.3. The van der Waals surface area contributed by atoms with Crippen molar-refractivity contribution < 1.29 is 18.0 Å². The number of nitrogens with one attached hydrogen (secondary N) is 1. The van der Waals surface area contributed by atoms with Gasteiger partial charge in [0.15, 0.2) is 5.82 Å². The molecule has 166 valence electrons. The molecule has 1 N–H and O–H groups in total. The quantitative estimate of drug-likeness (QED) is 0.647. The SMILES string of the molecule is O=C(c1ccc(C(F)(F)F)cc1)N1CCN(c2ccc(NCc3ccccc3)nn2)CC1. The first-order chi connectivity index (χ1) is 15.4. The highest BCUT2D eigenvalue weighted by Gasteiger charge is 2.30. The molecule has 0 unspecified atom stereocenters. The summed E-state index contributed by atoms with van der Waals surface area (Å²) in [6, 6.07) is 18.1. The maximum atomic E-state index is 12.7. The van der Waals surface area contributed by atoms with Crippen molar-refractivity contribution in [1.82, 2.24) is 15.1 Å². The molecule has 0 radical (unpaired) electrons. The smallest absolute Gasteiger partial charge is 0.365 e. The molecule has 9 heteroatoms. The zero-order chi connectivity index (χ0) is 22.6. The van der Waals surface area contributed by atoms with Crippen LogP contribution in [0.5, 0.6) is 0 Å². The molecule has 0 aliphatic carbocycles. The molecule has 32 heavy (non-hydrogen) atoms. The lowest BCUT2D eigenvalue weighted by Crippen LogP contribution is -2.49. The van der Waals surface area contributed by atoms with E-state index in [1.165, 1.54) is 12.1 Å². The zero-order valence-electron chi connectivity index (χ0n) is 17.2. The maximum Gasteiger partial charge on any atom is 0.416 e. The second-order valence-electron chi connectivity index (χ2n) is 7.47. The third kappa shape index (κ3) is 5.16. The van der Waals surface area contributed by atoms with Crippen LogP contribution < -0.4 is 10.2 Å². The lowest BCUT2D eigenvalue weighted by atomic mass is 10.1. The normalized spacial score (nSPS) is 14.3. The van der Waals surface area contributed by atoms with E-state index in [9.17, 15) is 18.0 Å². The topological polar surface area (TPSA) is 61.4 Å². The molecule has 6 nitrogen and oxygen atoms in total. The number of alkyl halides is 3. The van der Waals surface area contributed by atoms with E-state index < -0.39 is 11.7 Å². The van der Waals surface area contributed by atoms with E-state index >= 15 is 0 Å². The van der Waals surface area contributed by atoms with Crippen LogP contribution >= 0.6 is 0 Å². The molecule has 1 saturated heterocycles. The van der Waals surface area contributed by atoms with Crippen molar-refractivity contribution in [3.05, 3.63) is 83.4 Å². The van der Waals surface area contributed by atoms with Gasteiger partial charge in [-0.2, -0.15) is 13.2 Å². The van der Waals surface area contributed by atoms with E-state index in [2.05, 4.69) is 15.5 Å². The summed E-state index contributed by atoms with van der Waals surface area (Å²) >= 11 is 0. The Balaban J connectivity index is 1.30. The summed E-state index contributed by atoms with van der Waals surface area (Å²) < 4.78 is 38.1. The summed E-state index contributed by atoms with van der Waals surface area (Å²) in [5, 5.41) is 11.7. The van der Waals surface area contributed by atoms with E-state index in [0.29, 0.717) is 38.5 Å². The van der Waals surface area contributed by atoms with Gasteiger partial charge in [-0.05, 0) is 42.0 Å². The Hall–Kier alpha value is -3.62. The lowest BCUT2D eigenvalue weighted by molar-refractivity contribution is -0.137. The number of hydrogen-bond donors (Lipinski definition) is 1. The molecule has 1 aliphatic heterocycles. The third-order valence-electron chi connectivity index (χ3n) is 5.32. The second kappa shape index (κ2) is 9.25. The van der Waals surface area contributed by atoms with Gasteiger partial charge in [0.1, 0.15) is 5.82 Å². The van der Waals surface area contributed by atoms with E-state index in [4.69, 9.17) is 0 Å². The van der Waals surface area contributed by atoms with Crippen LogP contribution in [-0.2, 0) is 12.7 Å². The number of hydrogen-bond acceptors (Lipinski definition) is 5. The van der Waals surface area contributed by atoms with E-state index in [1.807, 2.05) is 47.4 Å². The Kier molecular flexibility index (Phi) is 6.25. The molecule has 0 atom stereocenters. The van der Waals surface area contributed by atoms with Gasteiger partial charge in [0.25, 0.3) is 5.91 Å². The molecule has 1 fully saturated rings. The van der Waals surface area contributed by atoms with Gasteiger partial charge in [-0.3, -0.25) is 4.79 Å². The molecule has 1 aromatic heterocycles. The fourth-order valence-corrected chi connectivity index (χ4v) is 3.50. The highest BCUT2D eigenvalue weighted by Crippen LogP contribution is 2.29. The minimum atomic E-state index is -4.42.